The Morgan fingerprint density at radius 2 is 1.92 bits per heavy atom. The van der Waals surface area contributed by atoms with E-state index in [4.69, 9.17) is 4.74 Å². The van der Waals surface area contributed by atoms with Crippen molar-refractivity contribution in [1.29, 1.82) is 0 Å². The van der Waals surface area contributed by atoms with Crippen LogP contribution in [-0.2, 0) is 0 Å². The molecule has 26 heavy (non-hydrogen) atoms. The molecular weight excluding hydrogens is 349 g/mol. The zero-order valence-electron chi connectivity index (χ0n) is 14.3. The third-order valence-electron chi connectivity index (χ3n) is 4.09. The number of thioether (sulfide) groups is 1. The van der Waals surface area contributed by atoms with Gasteiger partial charge in [0.05, 0.1) is 5.56 Å². The van der Waals surface area contributed by atoms with Gasteiger partial charge in [0, 0.05) is 28.8 Å². The molecule has 4 nitrogen and oxygen atoms in total. The van der Waals surface area contributed by atoms with E-state index in [-0.39, 0.29) is 5.82 Å². The van der Waals surface area contributed by atoms with Crippen LogP contribution >= 0.6 is 11.8 Å². The molecule has 1 aliphatic heterocycles. The van der Waals surface area contributed by atoms with Crippen LogP contribution in [0.4, 0.5) is 10.1 Å². The van der Waals surface area contributed by atoms with Crippen molar-refractivity contribution in [2.24, 2.45) is 0 Å². The van der Waals surface area contributed by atoms with Crippen molar-refractivity contribution in [3.8, 4) is 17.0 Å². The normalized spacial score (nSPS) is 15.2. The molecule has 0 spiro atoms. The van der Waals surface area contributed by atoms with Crippen LogP contribution in [0.15, 0.2) is 59.9 Å². The maximum atomic E-state index is 14.3. The maximum absolute atomic E-state index is 14.3. The summed E-state index contributed by atoms with van der Waals surface area (Å²) in [6.07, 6.45) is 2.15. The van der Waals surface area contributed by atoms with E-state index >= 15 is 0 Å². The number of nitrogens with one attached hydrogen (secondary N) is 1. The lowest BCUT2D eigenvalue weighted by molar-refractivity contribution is 0.221. The first-order chi connectivity index (χ1) is 12.8. The second-order valence-corrected chi connectivity index (χ2v) is 6.99. The van der Waals surface area contributed by atoms with E-state index in [1.807, 2.05) is 24.3 Å². The molecule has 1 aromatic heterocycles. The highest BCUT2D eigenvalue weighted by atomic mass is 32.2. The summed E-state index contributed by atoms with van der Waals surface area (Å²) in [5.41, 5.74) is 3.04. The summed E-state index contributed by atoms with van der Waals surface area (Å²) in [7, 11) is 0. The molecule has 2 heterocycles. The summed E-state index contributed by atoms with van der Waals surface area (Å²) in [6.45, 7) is 2.11. The number of aromatic nitrogens is 2. The first kappa shape index (κ1) is 16.8. The lowest BCUT2D eigenvalue weighted by atomic mass is 10.1. The molecule has 0 bridgehead atoms. The molecule has 0 amide bonds. The summed E-state index contributed by atoms with van der Waals surface area (Å²) >= 11 is 1.58. The highest BCUT2D eigenvalue weighted by molar-refractivity contribution is 7.99. The smallest absolute Gasteiger partial charge is 0.227 e. The third kappa shape index (κ3) is 3.24. The molecule has 1 atom stereocenters. The van der Waals surface area contributed by atoms with Crippen molar-refractivity contribution in [3.63, 3.8) is 0 Å². The maximum Gasteiger partial charge on any atom is 0.227 e. The van der Waals surface area contributed by atoms with Crippen molar-refractivity contribution < 1.29 is 9.13 Å². The number of anilines is 1. The fraction of sp³-hybridized carbons (Fsp3) is 0.200. The molecule has 0 saturated carbocycles. The van der Waals surface area contributed by atoms with E-state index in [0.29, 0.717) is 16.6 Å². The van der Waals surface area contributed by atoms with E-state index in [0.717, 1.165) is 29.0 Å². The standard InChI is InChI=1S/C20H18FN3OS/c1-2-11-26-20-22-12-15-13-7-4-6-10-17(13)23-18(25-19(15)24-20)14-8-3-5-9-16(14)21/h3-10,12,18,23H,2,11H2,1H3. The van der Waals surface area contributed by atoms with E-state index < -0.39 is 6.23 Å². The Kier molecular flexibility index (Phi) is 4.75. The molecule has 1 N–H and O–H groups in total. The van der Waals surface area contributed by atoms with Crippen LogP contribution in [0.1, 0.15) is 25.1 Å². The van der Waals surface area contributed by atoms with Crippen molar-refractivity contribution >= 4 is 17.4 Å². The molecule has 0 radical (unpaired) electrons. The number of halogens is 1. The van der Waals surface area contributed by atoms with Crippen LogP contribution in [0, 0.1) is 5.82 Å². The first-order valence-electron chi connectivity index (χ1n) is 8.53. The molecule has 6 heteroatoms. The van der Waals surface area contributed by atoms with Gasteiger partial charge < -0.3 is 10.1 Å². The van der Waals surface area contributed by atoms with Gasteiger partial charge in [-0.1, -0.05) is 55.1 Å². The topological polar surface area (TPSA) is 47.0 Å². The lowest BCUT2D eigenvalue weighted by Gasteiger charge is -2.19. The van der Waals surface area contributed by atoms with Gasteiger partial charge in [-0.15, -0.1) is 0 Å². The molecule has 0 saturated heterocycles. The van der Waals surface area contributed by atoms with Crippen molar-refractivity contribution in [2.75, 3.05) is 11.1 Å². The van der Waals surface area contributed by atoms with Crippen LogP contribution in [0.25, 0.3) is 11.1 Å². The third-order valence-corrected chi connectivity index (χ3v) is 5.16. The Morgan fingerprint density at radius 3 is 2.77 bits per heavy atom. The second kappa shape index (κ2) is 7.33. The number of para-hydroxylation sites is 1. The Labute approximate surface area is 155 Å². The lowest BCUT2D eigenvalue weighted by Crippen LogP contribution is -2.18. The van der Waals surface area contributed by atoms with Gasteiger partial charge in [-0.25, -0.2) is 9.37 Å². The minimum Gasteiger partial charge on any atom is -0.449 e. The summed E-state index contributed by atoms with van der Waals surface area (Å²) < 4.78 is 20.5. The quantitative estimate of drug-likeness (QED) is 0.502. The van der Waals surface area contributed by atoms with Gasteiger partial charge in [-0.05, 0) is 18.6 Å². The fourth-order valence-electron chi connectivity index (χ4n) is 2.84. The van der Waals surface area contributed by atoms with Crippen LogP contribution in [0.2, 0.25) is 0 Å². The van der Waals surface area contributed by atoms with Gasteiger partial charge in [0.2, 0.25) is 12.1 Å². The fourth-order valence-corrected chi connectivity index (χ4v) is 3.50. The number of benzene rings is 2. The molecule has 0 fully saturated rings. The summed E-state index contributed by atoms with van der Waals surface area (Å²) in [5.74, 6) is 1.08. The predicted molar refractivity (Wildman–Crippen MR) is 102 cm³/mol. The Morgan fingerprint density at radius 1 is 1.12 bits per heavy atom. The summed E-state index contributed by atoms with van der Waals surface area (Å²) in [4.78, 5) is 9.04. The molecule has 3 aromatic rings. The molecule has 2 aromatic carbocycles. The number of fused-ring (bicyclic) bond motifs is 3. The summed E-state index contributed by atoms with van der Waals surface area (Å²) in [6, 6.07) is 14.4. The van der Waals surface area contributed by atoms with Crippen molar-refractivity contribution in [2.45, 2.75) is 24.7 Å². The monoisotopic (exact) mass is 367 g/mol. The zero-order chi connectivity index (χ0) is 17.9. The first-order valence-corrected chi connectivity index (χ1v) is 9.51. The van der Waals surface area contributed by atoms with E-state index in [1.54, 1.807) is 36.2 Å². The van der Waals surface area contributed by atoms with Gasteiger partial charge in [0.15, 0.2) is 5.16 Å². The molecular formula is C20H18FN3OS. The minimum atomic E-state index is -0.669. The second-order valence-electron chi connectivity index (χ2n) is 5.93. The highest BCUT2D eigenvalue weighted by Crippen LogP contribution is 2.40. The largest absolute Gasteiger partial charge is 0.449 e. The molecule has 1 unspecified atom stereocenters. The minimum absolute atomic E-state index is 0.319. The Hall–Kier alpha value is -2.60. The van der Waals surface area contributed by atoms with E-state index in [9.17, 15) is 4.39 Å². The molecule has 4 rings (SSSR count). The van der Waals surface area contributed by atoms with Crippen molar-refractivity contribution in [1.82, 2.24) is 9.97 Å². The number of hydrogen-bond donors (Lipinski definition) is 1. The number of ether oxygens (including phenoxy) is 1. The zero-order valence-corrected chi connectivity index (χ0v) is 15.1. The van der Waals surface area contributed by atoms with Crippen LogP contribution in [-0.4, -0.2) is 15.7 Å². The number of rotatable bonds is 4. The van der Waals surface area contributed by atoms with E-state index in [2.05, 4.69) is 22.2 Å². The molecule has 1 aliphatic rings. The van der Waals surface area contributed by atoms with Crippen LogP contribution < -0.4 is 10.1 Å². The molecule has 0 aliphatic carbocycles. The number of hydrogen-bond acceptors (Lipinski definition) is 5. The summed E-state index contributed by atoms with van der Waals surface area (Å²) in [5, 5.41) is 3.95. The Balaban J connectivity index is 1.81. The van der Waals surface area contributed by atoms with Gasteiger partial charge in [-0.2, -0.15) is 4.98 Å². The van der Waals surface area contributed by atoms with Crippen LogP contribution in [0.3, 0.4) is 0 Å². The van der Waals surface area contributed by atoms with Gasteiger partial charge in [0.1, 0.15) is 5.82 Å². The van der Waals surface area contributed by atoms with E-state index in [1.165, 1.54) is 6.07 Å². The van der Waals surface area contributed by atoms with Gasteiger partial charge in [-0.3, -0.25) is 0 Å². The van der Waals surface area contributed by atoms with Gasteiger partial charge >= 0.3 is 0 Å². The van der Waals surface area contributed by atoms with Gasteiger partial charge in [0.25, 0.3) is 0 Å². The Bertz CT molecular complexity index is 934. The average molecular weight is 367 g/mol. The number of nitrogens with zero attached hydrogens (tertiary/aromatic N) is 2. The van der Waals surface area contributed by atoms with Crippen LogP contribution in [0.5, 0.6) is 5.88 Å². The highest BCUT2D eigenvalue weighted by Gasteiger charge is 2.26. The van der Waals surface area contributed by atoms with Crippen molar-refractivity contribution in [3.05, 3.63) is 66.1 Å². The predicted octanol–water partition coefficient (Wildman–Crippen LogP) is 5.29. The average Bonchev–Trinajstić information content (AvgIpc) is 2.83. The SMILES string of the molecule is CCCSc1ncc2c(n1)OC(c1ccccc1F)Nc1ccccc1-2. The molecule has 132 valence electrons.